The van der Waals surface area contributed by atoms with Gasteiger partial charge in [0.15, 0.2) is 0 Å². The third kappa shape index (κ3) is 2.44. The molecule has 0 aliphatic carbocycles. The van der Waals surface area contributed by atoms with E-state index >= 15 is 0 Å². The average molecular weight is 228 g/mol. The lowest BCUT2D eigenvalue weighted by Gasteiger charge is -2.09. The Kier molecular flexibility index (Phi) is 3.38. The van der Waals surface area contributed by atoms with Crippen LogP contribution in [0.4, 0.5) is 0 Å². The molecule has 0 saturated heterocycles. The van der Waals surface area contributed by atoms with E-state index in [1.54, 1.807) is 10.8 Å². The van der Waals surface area contributed by atoms with Crippen molar-refractivity contribution in [3.05, 3.63) is 53.1 Å². The topological polar surface area (TPSA) is 34.9 Å². The Morgan fingerprint density at radius 2 is 2.29 bits per heavy atom. The zero-order valence-corrected chi connectivity index (χ0v) is 10.0. The number of allylic oxidation sites excluding steroid dienone is 1. The third-order valence-corrected chi connectivity index (χ3v) is 2.81. The molecular weight excluding hydrogens is 212 g/mol. The number of nitrogens with zero attached hydrogens (tertiary/aromatic N) is 2. The normalized spacial score (nSPS) is 10.6. The van der Waals surface area contributed by atoms with Gasteiger partial charge in [-0.1, -0.05) is 18.2 Å². The number of aromatic nitrogens is 2. The number of fused-ring (bicyclic) bond motifs is 1. The van der Waals surface area contributed by atoms with Crippen molar-refractivity contribution < 1.29 is 0 Å². The minimum Gasteiger partial charge on any atom is -0.292 e. The number of rotatable bonds is 4. The van der Waals surface area contributed by atoms with Gasteiger partial charge in [0.25, 0.3) is 0 Å². The molecule has 0 radical (unpaired) electrons. The fourth-order valence-electron chi connectivity index (χ4n) is 1.90. The van der Waals surface area contributed by atoms with Gasteiger partial charge in [0, 0.05) is 18.1 Å². The van der Waals surface area contributed by atoms with Crippen LogP contribution in [-0.4, -0.2) is 9.55 Å². The molecule has 3 nitrogen and oxygen atoms in total. The van der Waals surface area contributed by atoms with E-state index in [1.807, 2.05) is 31.2 Å². The molecule has 0 atom stereocenters. The predicted octanol–water partition coefficient (Wildman–Crippen LogP) is 2.67. The monoisotopic (exact) mass is 228 g/mol. The number of unbranched alkanes of at least 4 members (excludes halogenated alkanes) is 1. The summed E-state index contributed by atoms with van der Waals surface area (Å²) in [5, 5.41) is 1.01. The standard InChI is InChI=1S/C14H16N2O/c1-3-4-5-8-16-13-9-11(2)6-7-12(13)10-15-14(16)17/h3,6-7,9-10H,1,4-5,8H2,2H3. The van der Waals surface area contributed by atoms with Gasteiger partial charge in [-0.2, -0.15) is 0 Å². The molecular formula is C14H16N2O. The highest BCUT2D eigenvalue weighted by atomic mass is 16.1. The molecule has 1 aromatic heterocycles. The van der Waals surface area contributed by atoms with Gasteiger partial charge in [0.05, 0.1) is 5.52 Å². The van der Waals surface area contributed by atoms with Crippen LogP contribution in [0.25, 0.3) is 10.9 Å². The van der Waals surface area contributed by atoms with E-state index in [9.17, 15) is 4.79 Å². The van der Waals surface area contributed by atoms with Gasteiger partial charge in [0.2, 0.25) is 0 Å². The summed E-state index contributed by atoms with van der Waals surface area (Å²) in [6.45, 7) is 6.41. The molecule has 0 bridgehead atoms. The molecule has 0 amide bonds. The van der Waals surface area contributed by atoms with Gasteiger partial charge in [-0.3, -0.25) is 4.57 Å². The van der Waals surface area contributed by atoms with Crippen molar-refractivity contribution in [2.24, 2.45) is 0 Å². The lowest BCUT2D eigenvalue weighted by atomic mass is 10.1. The first-order valence-electron chi connectivity index (χ1n) is 5.79. The second-order valence-corrected chi connectivity index (χ2v) is 4.19. The van der Waals surface area contributed by atoms with Crippen LogP contribution < -0.4 is 5.69 Å². The van der Waals surface area contributed by atoms with E-state index in [-0.39, 0.29) is 5.69 Å². The molecule has 3 heteroatoms. The van der Waals surface area contributed by atoms with Crippen molar-refractivity contribution in [3.8, 4) is 0 Å². The van der Waals surface area contributed by atoms with E-state index in [4.69, 9.17) is 0 Å². The van der Waals surface area contributed by atoms with E-state index in [0.29, 0.717) is 6.54 Å². The van der Waals surface area contributed by atoms with Gasteiger partial charge in [-0.25, -0.2) is 9.78 Å². The maximum Gasteiger partial charge on any atom is 0.348 e. The number of hydrogen-bond donors (Lipinski definition) is 0. The molecule has 2 aromatic rings. The zero-order valence-electron chi connectivity index (χ0n) is 10.0. The predicted molar refractivity (Wildman–Crippen MR) is 70.2 cm³/mol. The molecule has 17 heavy (non-hydrogen) atoms. The maximum absolute atomic E-state index is 11.8. The fraction of sp³-hybridized carbons (Fsp3) is 0.286. The van der Waals surface area contributed by atoms with Gasteiger partial charge in [0.1, 0.15) is 0 Å². The Morgan fingerprint density at radius 1 is 1.47 bits per heavy atom. The van der Waals surface area contributed by atoms with Gasteiger partial charge in [-0.15, -0.1) is 6.58 Å². The smallest absolute Gasteiger partial charge is 0.292 e. The molecule has 0 N–H and O–H groups in total. The van der Waals surface area contributed by atoms with Crippen molar-refractivity contribution in [2.75, 3.05) is 0 Å². The maximum atomic E-state index is 11.8. The molecule has 0 aliphatic rings. The summed E-state index contributed by atoms with van der Waals surface area (Å²) in [5.74, 6) is 0. The third-order valence-electron chi connectivity index (χ3n) is 2.81. The largest absolute Gasteiger partial charge is 0.348 e. The second kappa shape index (κ2) is 4.95. The molecule has 0 saturated carbocycles. The Hall–Kier alpha value is -1.90. The first-order chi connectivity index (χ1) is 8.22. The second-order valence-electron chi connectivity index (χ2n) is 4.19. The highest BCUT2D eigenvalue weighted by Crippen LogP contribution is 2.13. The van der Waals surface area contributed by atoms with Crippen LogP contribution in [0, 0.1) is 6.92 Å². The highest BCUT2D eigenvalue weighted by molar-refractivity contribution is 5.78. The number of benzene rings is 1. The van der Waals surface area contributed by atoms with Gasteiger partial charge >= 0.3 is 5.69 Å². The van der Waals surface area contributed by atoms with Crippen LogP contribution in [0.2, 0.25) is 0 Å². The Labute approximate surface area is 100 Å². The fourth-order valence-corrected chi connectivity index (χ4v) is 1.90. The summed E-state index contributed by atoms with van der Waals surface area (Å²) in [4.78, 5) is 15.7. The zero-order chi connectivity index (χ0) is 12.3. The highest BCUT2D eigenvalue weighted by Gasteiger charge is 2.03. The van der Waals surface area contributed by atoms with Gasteiger partial charge < -0.3 is 0 Å². The summed E-state index contributed by atoms with van der Waals surface area (Å²) in [6.07, 6.45) is 5.34. The molecule has 1 heterocycles. The van der Waals surface area contributed by atoms with Crippen molar-refractivity contribution in [1.29, 1.82) is 0 Å². The minimum atomic E-state index is -0.174. The van der Waals surface area contributed by atoms with Crippen LogP contribution in [-0.2, 0) is 6.54 Å². The Morgan fingerprint density at radius 3 is 3.06 bits per heavy atom. The van der Waals surface area contributed by atoms with E-state index in [2.05, 4.69) is 11.6 Å². The molecule has 88 valence electrons. The van der Waals surface area contributed by atoms with Crippen molar-refractivity contribution in [1.82, 2.24) is 9.55 Å². The van der Waals surface area contributed by atoms with Crippen LogP contribution in [0.15, 0.2) is 41.8 Å². The van der Waals surface area contributed by atoms with Crippen molar-refractivity contribution in [2.45, 2.75) is 26.3 Å². The van der Waals surface area contributed by atoms with Crippen LogP contribution in [0.3, 0.4) is 0 Å². The van der Waals surface area contributed by atoms with E-state index < -0.39 is 0 Å². The van der Waals surface area contributed by atoms with Crippen LogP contribution in [0.1, 0.15) is 18.4 Å². The lowest BCUT2D eigenvalue weighted by molar-refractivity contribution is 0.635. The van der Waals surface area contributed by atoms with Gasteiger partial charge in [-0.05, 0) is 31.4 Å². The average Bonchev–Trinajstić information content (AvgIpc) is 2.32. The Bertz CT molecular complexity index is 599. The molecule has 2 rings (SSSR count). The quantitative estimate of drug-likeness (QED) is 0.595. The van der Waals surface area contributed by atoms with Crippen LogP contribution >= 0.6 is 0 Å². The van der Waals surface area contributed by atoms with Crippen LogP contribution in [0.5, 0.6) is 0 Å². The SMILES string of the molecule is C=CCCCn1c(=O)ncc2ccc(C)cc21. The summed E-state index contributed by atoms with van der Waals surface area (Å²) in [5.41, 5.74) is 1.95. The summed E-state index contributed by atoms with van der Waals surface area (Å²) >= 11 is 0. The number of hydrogen-bond acceptors (Lipinski definition) is 2. The minimum absolute atomic E-state index is 0.174. The lowest BCUT2D eigenvalue weighted by Crippen LogP contribution is -2.22. The van der Waals surface area contributed by atoms with E-state index in [0.717, 1.165) is 29.3 Å². The molecule has 0 aliphatic heterocycles. The van der Waals surface area contributed by atoms with Crippen molar-refractivity contribution >= 4 is 10.9 Å². The first-order valence-corrected chi connectivity index (χ1v) is 5.79. The Balaban J connectivity index is 2.50. The summed E-state index contributed by atoms with van der Waals surface area (Å²) < 4.78 is 1.74. The molecule has 0 unspecified atom stereocenters. The molecule has 1 aromatic carbocycles. The van der Waals surface area contributed by atoms with E-state index in [1.165, 1.54) is 0 Å². The summed E-state index contributed by atoms with van der Waals surface area (Å²) in [6, 6.07) is 6.07. The first kappa shape index (κ1) is 11.6. The summed E-state index contributed by atoms with van der Waals surface area (Å²) in [7, 11) is 0. The number of aryl methyl sites for hydroxylation is 2. The molecule has 0 spiro atoms. The molecule has 0 fully saturated rings. The van der Waals surface area contributed by atoms with Crippen molar-refractivity contribution in [3.63, 3.8) is 0 Å².